The first-order valence-electron chi connectivity index (χ1n) is 8.20. The zero-order valence-corrected chi connectivity index (χ0v) is 13.4. The maximum absolute atomic E-state index is 12.3. The molecule has 0 unspecified atom stereocenters. The van der Waals surface area contributed by atoms with Gasteiger partial charge in [0.1, 0.15) is 12.3 Å². The molecule has 4 heteroatoms. The van der Waals surface area contributed by atoms with Crippen molar-refractivity contribution < 1.29 is 10.1 Å². The van der Waals surface area contributed by atoms with E-state index in [9.17, 15) is 4.79 Å². The number of ether oxygens (including phenoxy) is 1. The average molecular weight is 301 g/mol. The molecule has 1 aliphatic carbocycles. The number of hydrogen-bond acceptors (Lipinski definition) is 2. The van der Waals surface area contributed by atoms with Gasteiger partial charge in [0.2, 0.25) is 0 Å². The Morgan fingerprint density at radius 1 is 1.27 bits per heavy atom. The van der Waals surface area contributed by atoms with Crippen LogP contribution in [-0.2, 0) is 6.54 Å². The summed E-state index contributed by atoms with van der Waals surface area (Å²) in [6, 6.07) is 8.46. The smallest absolute Gasteiger partial charge is 0.257 e. The lowest BCUT2D eigenvalue weighted by molar-refractivity contribution is -0.712. The molecule has 0 saturated heterocycles. The van der Waals surface area contributed by atoms with E-state index in [-0.39, 0.29) is 5.56 Å². The highest BCUT2D eigenvalue weighted by atomic mass is 16.5. The summed E-state index contributed by atoms with van der Waals surface area (Å²) in [6.45, 7) is 3.09. The quantitative estimate of drug-likeness (QED) is 0.909. The van der Waals surface area contributed by atoms with Gasteiger partial charge in [0.25, 0.3) is 5.56 Å². The van der Waals surface area contributed by atoms with Crippen LogP contribution in [0.2, 0.25) is 0 Å². The minimum Gasteiger partial charge on any atom is -0.497 e. The summed E-state index contributed by atoms with van der Waals surface area (Å²) in [5.74, 6) is 1.51. The van der Waals surface area contributed by atoms with Crippen molar-refractivity contribution in [2.24, 2.45) is 5.92 Å². The SMILES string of the molecule is COc1ccc2cc(C[NH2+][C@@H]3CCCC[C@@H]3C)c(=O)[nH]c2c1. The molecule has 1 heterocycles. The van der Waals surface area contributed by atoms with Crippen LogP contribution in [0.1, 0.15) is 38.2 Å². The van der Waals surface area contributed by atoms with Crippen LogP contribution in [0.25, 0.3) is 10.9 Å². The molecular formula is C18H25N2O2+. The lowest BCUT2D eigenvalue weighted by Gasteiger charge is -2.26. The molecule has 0 aliphatic heterocycles. The summed E-state index contributed by atoms with van der Waals surface area (Å²) < 4.78 is 5.20. The molecule has 3 N–H and O–H groups in total. The highest BCUT2D eigenvalue weighted by Gasteiger charge is 2.24. The van der Waals surface area contributed by atoms with Crippen LogP contribution in [0.3, 0.4) is 0 Å². The molecule has 0 spiro atoms. The minimum atomic E-state index is 0.0143. The lowest BCUT2D eigenvalue weighted by Crippen LogP contribution is -2.90. The molecule has 118 valence electrons. The third kappa shape index (κ3) is 3.17. The Labute approximate surface area is 130 Å². The van der Waals surface area contributed by atoms with Crippen LogP contribution in [-0.4, -0.2) is 18.1 Å². The maximum atomic E-state index is 12.3. The van der Waals surface area contributed by atoms with E-state index in [0.29, 0.717) is 6.04 Å². The fourth-order valence-electron chi connectivity index (χ4n) is 3.48. The molecule has 1 saturated carbocycles. The number of aromatic amines is 1. The molecule has 1 aliphatic rings. The molecule has 22 heavy (non-hydrogen) atoms. The number of rotatable bonds is 4. The monoisotopic (exact) mass is 301 g/mol. The second kappa shape index (κ2) is 6.53. The molecule has 0 bridgehead atoms. The number of aromatic nitrogens is 1. The zero-order valence-electron chi connectivity index (χ0n) is 13.4. The van der Waals surface area contributed by atoms with E-state index < -0.39 is 0 Å². The van der Waals surface area contributed by atoms with Crippen LogP contribution in [0.4, 0.5) is 0 Å². The van der Waals surface area contributed by atoms with E-state index in [1.807, 2.05) is 24.3 Å². The second-order valence-electron chi connectivity index (χ2n) is 6.44. The number of nitrogens with one attached hydrogen (secondary N) is 1. The number of methoxy groups -OCH3 is 1. The first-order valence-corrected chi connectivity index (χ1v) is 8.20. The van der Waals surface area contributed by atoms with Crippen LogP contribution < -0.4 is 15.6 Å². The topological polar surface area (TPSA) is 58.7 Å². The highest BCUT2D eigenvalue weighted by Crippen LogP contribution is 2.21. The van der Waals surface area contributed by atoms with E-state index in [1.165, 1.54) is 25.7 Å². The number of H-pyrrole nitrogens is 1. The van der Waals surface area contributed by atoms with E-state index >= 15 is 0 Å². The summed E-state index contributed by atoms with van der Waals surface area (Å²) in [6.07, 6.45) is 5.25. The second-order valence-corrected chi connectivity index (χ2v) is 6.44. The number of benzene rings is 1. The van der Waals surface area contributed by atoms with Crippen molar-refractivity contribution in [1.29, 1.82) is 0 Å². The fraction of sp³-hybridized carbons (Fsp3) is 0.500. The number of fused-ring (bicyclic) bond motifs is 1. The average Bonchev–Trinajstić information content (AvgIpc) is 2.53. The molecular weight excluding hydrogens is 276 g/mol. The van der Waals surface area contributed by atoms with Crippen molar-refractivity contribution in [2.45, 2.75) is 45.2 Å². The molecule has 1 aromatic carbocycles. The number of quaternary nitrogens is 1. The molecule has 1 fully saturated rings. The summed E-state index contributed by atoms with van der Waals surface area (Å²) in [5.41, 5.74) is 1.70. The Balaban J connectivity index is 1.78. The van der Waals surface area contributed by atoms with E-state index in [4.69, 9.17) is 4.74 Å². The van der Waals surface area contributed by atoms with Gasteiger partial charge in [-0.3, -0.25) is 4.79 Å². The number of hydrogen-bond donors (Lipinski definition) is 2. The Hall–Kier alpha value is -1.81. The predicted molar refractivity (Wildman–Crippen MR) is 88.2 cm³/mol. The van der Waals surface area contributed by atoms with Gasteiger partial charge in [-0.1, -0.05) is 13.3 Å². The van der Waals surface area contributed by atoms with E-state index in [0.717, 1.165) is 34.7 Å². The Kier molecular flexibility index (Phi) is 4.48. The van der Waals surface area contributed by atoms with Gasteiger partial charge in [-0.2, -0.15) is 0 Å². The Morgan fingerprint density at radius 2 is 2.09 bits per heavy atom. The normalized spacial score (nSPS) is 21.9. The first-order chi connectivity index (χ1) is 10.7. The Bertz CT molecular complexity index is 708. The molecule has 3 rings (SSSR count). The van der Waals surface area contributed by atoms with Gasteiger partial charge in [-0.15, -0.1) is 0 Å². The molecule has 0 amide bonds. The molecule has 2 atom stereocenters. The van der Waals surface area contributed by atoms with Crippen molar-refractivity contribution >= 4 is 10.9 Å². The zero-order chi connectivity index (χ0) is 15.5. The molecule has 1 aromatic heterocycles. The van der Waals surface area contributed by atoms with Gasteiger partial charge < -0.3 is 15.0 Å². The van der Waals surface area contributed by atoms with Crippen LogP contribution in [0.15, 0.2) is 29.1 Å². The first kappa shape index (κ1) is 15.1. The van der Waals surface area contributed by atoms with Crippen molar-refractivity contribution in [3.05, 3.63) is 40.2 Å². The van der Waals surface area contributed by atoms with Crippen LogP contribution >= 0.6 is 0 Å². The van der Waals surface area contributed by atoms with Gasteiger partial charge >= 0.3 is 0 Å². The Morgan fingerprint density at radius 3 is 2.86 bits per heavy atom. The molecule has 2 aromatic rings. The van der Waals surface area contributed by atoms with Gasteiger partial charge in [-0.25, -0.2) is 0 Å². The number of pyridine rings is 1. The van der Waals surface area contributed by atoms with Crippen molar-refractivity contribution in [1.82, 2.24) is 4.98 Å². The molecule has 4 nitrogen and oxygen atoms in total. The highest BCUT2D eigenvalue weighted by molar-refractivity contribution is 5.80. The van der Waals surface area contributed by atoms with Crippen molar-refractivity contribution in [3.63, 3.8) is 0 Å². The van der Waals surface area contributed by atoms with Crippen molar-refractivity contribution in [2.75, 3.05) is 7.11 Å². The summed E-state index contributed by atoms with van der Waals surface area (Å²) in [4.78, 5) is 15.2. The summed E-state index contributed by atoms with van der Waals surface area (Å²) in [7, 11) is 1.63. The van der Waals surface area contributed by atoms with Crippen LogP contribution in [0.5, 0.6) is 5.75 Å². The van der Waals surface area contributed by atoms with Gasteiger partial charge in [0, 0.05) is 12.0 Å². The fourth-order valence-corrected chi connectivity index (χ4v) is 3.48. The molecule has 0 radical (unpaired) electrons. The lowest BCUT2D eigenvalue weighted by atomic mass is 9.86. The number of nitrogens with two attached hydrogens (primary N) is 1. The van der Waals surface area contributed by atoms with E-state index in [1.54, 1.807) is 7.11 Å². The van der Waals surface area contributed by atoms with Crippen molar-refractivity contribution in [3.8, 4) is 5.75 Å². The predicted octanol–water partition coefficient (Wildman–Crippen LogP) is 2.18. The largest absolute Gasteiger partial charge is 0.497 e. The van der Waals surface area contributed by atoms with Gasteiger partial charge in [-0.05, 0) is 42.8 Å². The van der Waals surface area contributed by atoms with Gasteiger partial charge in [0.05, 0.1) is 24.2 Å². The minimum absolute atomic E-state index is 0.0143. The third-order valence-corrected chi connectivity index (χ3v) is 4.95. The summed E-state index contributed by atoms with van der Waals surface area (Å²) >= 11 is 0. The van der Waals surface area contributed by atoms with Crippen LogP contribution in [0, 0.1) is 5.92 Å². The standard InChI is InChI=1S/C18H24N2O2/c1-12-5-3-4-6-16(12)19-11-14-9-13-7-8-15(22-2)10-17(13)20-18(14)21/h7-10,12,16,19H,3-6,11H2,1-2H3,(H,20,21)/p+1/t12-,16+/m0/s1. The maximum Gasteiger partial charge on any atom is 0.257 e. The third-order valence-electron chi connectivity index (χ3n) is 4.95. The van der Waals surface area contributed by atoms with Gasteiger partial charge in [0.15, 0.2) is 0 Å². The van der Waals surface area contributed by atoms with E-state index in [2.05, 4.69) is 17.2 Å². The summed E-state index contributed by atoms with van der Waals surface area (Å²) in [5, 5.41) is 3.41.